The van der Waals surface area contributed by atoms with Crippen LogP contribution in [0, 0.1) is 3.57 Å². The molecule has 0 saturated heterocycles. The van der Waals surface area contributed by atoms with E-state index in [1.54, 1.807) is 0 Å². The van der Waals surface area contributed by atoms with E-state index in [4.69, 9.17) is 4.74 Å². The Kier molecular flexibility index (Phi) is 5.76. The fourth-order valence-electron chi connectivity index (χ4n) is 1.00. The number of nitrogens with one attached hydrogen (secondary N) is 1. The van der Waals surface area contributed by atoms with Gasteiger partial charge in [0.05, 0.1) is 0 Å². The van der Waals surface area contributed by atoms with Crippen molar-refractivity contribution in [3.05, 3.63) is 33.4 Å². The number of hydrogen-bond donors (Lipinski definition) is 1. The van der Waals surface area contributed by atoms with Gasteiger partial charge in [-0.05, 0) is 0 Å². The van der Waals surface area contributed by atoms with E-state index in [-0.39, 0.29) is 27.4 Å². The van der Waals surface area contributed by atoms with E-state index in [2.05, 4.69) is 29.5 Å². The topological polar surface area (TPSA) is 38.3 Å². The van der Waals surface area contributed by atoms with Crippen molar-refractivity contribution in [2.45, 2.75) is 33.4 Å². The predicted molar refractivity (Wildman–Crippen MR) is 58.9 cm³/mol. The second-order valence-electron chi connectivity index (χ2n) is 3.77. The third-order valence-corrected chi connectivity index (χ3v) is 4.64. The average molecular weight is 334 g/mol. The van der Waals surface area contributed by atoms with Crippen molar-refractivity contribution < 1.29 is 31.0 Å². The molecule has 1 aromatic carbocycles. The molecule has 0 bridgehead atoms. The van der Waals surface area contributed by atoms with Crippen LogP contribution in [0.25, 0.3) is 0 Å². The molecule has 0 unspecified atom stereocenters. The number of carbonyl (C=O) groups is 1. The molecule has 0 radical (unpaired) electrons. The summed E-state index contributed by atoms with van der Waals surface area (Å²) in [5, 5.41) is 0. The van der Waals surface area contributed by atoms with Crippen molar-refractivity contribution in [2.75, 3.05) is 0 Å². The summed E-state index contributed by atoms with van der Waals surface area (Å²) in [6.45, 7) is 6.08. The van der Waals surface area contributed by atoms with Gasteiger partial charge in [0.15, 0.2) is 0 Å². The molecule has 1 rings (SSSR count). The van der Waals surface area contributed by atoms with Crippen LogP contribution in [0.2, 0.25) is 0 Å². The van der Waals surface area contributed by atoms with Crippen LogP contribution in [0.15, 0.2) is 24.3 Å². The molecular weight excluding hydrogens is 317 g/mol. The molecule has 0 atom stereocenters. The summed E-state index contributed by atoms with van der Waals surface area (Å²) in [5.41, 5.74) is 1.03. The Morgan fingerprint density at radius 1 is 1.38 bits per heavy atom. The number of ether oxygens (including phenoxy) is 1. The van der Waals surface area contributed by atoms with Gasteiger partial charge in [-0.1, -0.05) is 0 Å². The van der Waals surface area contributed by atoms with E-state index in [1.807, 2.05) is 12.1 Å². The van der Waals surface area contributed by atoms with Crippen LogP contribution in [0.4, 0.5) is 0 Å². The van der Waals surface area contributed by atoms with Crippen LogP contribution in [-0.4, -0.2) is 12.0 Å². The number of esters is 1. The number of benzene rings is 1. The fourth-order valence-corrected chi connectivity index (χ4v) is 2.70. The molecule has 0 saturated carbocycles. The van der Waals surface area contributed by atoms with Crippen LogP contribution in [0.3, 0.4) is 0 Å². The van der Waals surface area contributed by atoms with Crippen molar-refractivity contribution in [1.82, 2.24) is 3.53 Å². The Hall–Kier alpha value is -0.620. The minimum atomic E-state index is -0.238. The normalized spacial score (nSPS) is 10.8. The number of hydrogen-bond acceptors (Lipinski definition) is 3. The van der Waals surface area contributed by atoms with Crippen LogP contribution >= 0.6 is 0 Å². The van der Waals surface area contributed by atoms with E-state index >= 15 is 0 Å². The fraction of sp³-hybridized carbons (Fsp3) is 0.417. The number of rotatable bonds is 5. The summed E-state index contributed by atoms with van der Waals surface area (Å²) < 4.78 is 9.72. The molecule has 90 valence electrons. The van der Waals surface area contributed by atoms with Gasteiger partial charge < -0.3 is 0 Å². The molecule has 3 nitrogen and oxygen atoms in total. The van der Waals surface area contributed by atoms with Crippen molar-refractivity contribution in [3.8, 4) is 0 Å². The second-order valence-corrected chi connectivity index (χ2v) is 6.17. The molecule has 0 amide bonds. The van der Waals surface area contributed by atoms with Crippen LogP contribution in [0.5, 0.6) is 0 Å². The van der Waals surface area contributed by atoms with E-state index in [0.717, 1.165) is 5.56 Å². The molecule has 16 heavy (non-hydrogen) atoms. The quantitative estimate of drug-likeness (QED) is 0.423. The zero-order chi connectivity index (χ0) is 12.0. The van der Waals surface area contributed by atoms with Crippen LogP contribution in [-0.2, 0) is 16.1 Å². The summed E-state index contributed by atoms with van der Waals surface area (Å²) >= 11 is -0.107. The summed E-state index contributed by atoms with van der Waals surface area (Å²) in [5.74, 6) is -0.238. The molecule has 4 heteroatoms. The third kappa shape index (κ3) is 5.46. The van der Waals surface area contributed by atoms with E-state index in [1.165, 1.54) is 10.5 Å². The maximum atomic E-state index is 10.6. The summed E-state index contributed by atoms with van der Waals surface area (Å²) in [6.07, 6.45) is 0. The first-order valence-corrected chi connectivity index (χ1v) is 7.35. The molecule has 1 N–H and O–H groups in total. The summed E-state index contributed by atoms with van der Waals surface area (Å²) in [6, 6.07) is 8.76. The molecule has 0 aliphatic heterocycles. The molecule has 0 heterocycles. The first kappa shape index (κ1) is 13.4. The van der Waals surface area contributed by atoms with Gasteiger partial charge in [0.25, 0.3) is 0 Å². The van der Waals surface area contributed by atoms with E-state index < -0.39 is 0 Å². The Bertz CT molecular complexity index is 335. The maximum absolute atomic E-state index is 10.6. The Balaban J connectivity index is 2.44. The number of carbonyl (C=O) groups excluding carboxylic acids is 1. The standard InChI is InChI=1S/C12H17INO2/c1-9(2)14-13-12-6-4-11(5-7-12)8-16-10(3)15/h4-7,9,14H,8H2,1-3H3/q-1. The third-order valence-electron chi connectivity index (χ3n) is 1.74. The molecule has 0 aliphatic rings. The summed E-state index contributed by atoms with van der Waals surface area (Å²) in [7, 11) is 0. The molecule has 1 aromatic rings. The molecule has 0 aliphatic carbocycles. The van der Waals surface area contributed by atoms with Gasteiger partial charge in [0.2, 0.25) is 0 Å². The van der Waals surface area contributed by atoms with Crippen LogP contribution in [0.1, 0.15) is 26.3 Å². The van der Waals surface area contributed by atoms with Gasteiger partial charge in [-0.25, -0.2) is 0 Å². The monoisotopic (exact) mass is 334 g/mol. The van der Waals surface area contributed by atoms with Crippen molar-refractivity contribution in [2.24, 2.45) is 0 Å². The molecular formula is C12H17INO2-. The minimum absolute atomic E-state index is 0.107. The first-order valence-electron chi connectivity index (χ1n) is 5.19. The molecule has 0 fully saturated rings. The second kappa shape index (κ2) is 6.85. The van der Waals surface area contributed by atoms with Crippen LogP contribution < -0.4 is 25.0 Å². The van der Waals surface area contributed by atoms with Gasteiger partial charge >= 0.3 is 107 Å². The molecule has 0 spiro atoms. The van der Waals surface area contributed by atoms with E-state index in [0.29, 0.717) is 12.6 Å². The average Bonchev–Trinajstić information content (AvgIpc) is 2.25. The summed E-state index contributed by atoms with van der Waals surface area (Å²) in [4.78, 5) is 10.6. The molecule has 0 aromatic heterocycles. The van der Waals surface area contributed by atoms with Crippen molar-refractivity contribution >= 4 is 5.97 Å². The van der Waals surface area contributed by atoms with E-state index in [9.17, 15) is 4.79 Å². The first-order chi connectivity index (χ1) is 7.58. The van der Waals surface area contributed by atoms with Gasteiger partial charge in [-0.15, -0.1) is 0 Å². The van der Waals surface area contributed by atoms with Gasteiger partial charge in [-0.3, -0.25) is 0 Å². The number of halogens is 1. The Morgan fingerprint density at radius 2 is 2.00 bits per heavy atom. The van der Waals surface area contributed by atoms with Gasteiger partial charge in [0.1, 0.15) is 0 Å². The predicted octanol–water partition coefficient (Wildman–Crippen LogP) is -1.08. The van der Waals surface area contributed by atoms with Crippen molar-refractivity contribution in [3.63, 3.8) is 0 Å². The van der Waals surface area contributed by atoms with Gasteiger partial charge in [-0.2, -0.15) is 0 Å². The van der Waals surface area contributed by atoms with Crippen molar-refractivity contribution in [1.29, 1.82) is 0 Å². The zero-order valence-electron chi connectivity index (χ0n) is 9.79. The SMILES string of the molecule is CC(=O)OCc1ccc([I-]NC(C)C)cc1. The Morgan fingerprint density at radius 3 is 2.50 bits per heavy atom. The van der Waals surface area contributed by atoms with Gasteiger partial charge in [0, 0.05) is 0 Å². The Labute approximate surface area is 107 Å². The zero-order valence-corrected chi connectivity index (χ0v) is 11.9.